The molecule has 1 saturated heterocycles. The first-order valence-corrected chi connectivity index (χ1v) is 16.2. The highest BCUT2D eigenvalue weighted by atomic mass is 16.6. The molecule has 0 unspecified atom stereocenters. The fourth-order valence-electron chi connectivity index (χ4n) is 5.63. The average molecular weight is 660 g/mol. The highest BCUT2D eigenvalue weighted by molar-refractivity contribution is 5.95. The van der Waals surface area contributed by atoms with E-state index >= 15 is 0 Å². The fourth-order valence-corrected chi connectivity index (χ4v) is 5.63. The Kier molecular flexibility index (Phi) is 11.9. The van der Waals surface area contributed by atoms with Gasteiger partial charge in [0.05, 0.1) is 17.5 Å². The molecular weight excluding hydrogens is 614 g/mol. The number of likely N-dealkylation sites (N-methyl/N-ethyl adjacent to an activating group) is 1. The van der Waals surface area contributed by atoms with Crippen LogP contribution < -0.4 is 20.9 Å². The van der Waals surface area contributed by atoms with E-state index in [0.717, 1.165) is 12.0 Å². The van der Waals surface area contributed by atoms with Crippen LogP contribution >= 0.6 is 0 Å². The minimum atomic E-state index is -0.548. The monoisotopic (exact) mass is 659 g/mol. The molecule has 0 bridgehead atoms. The van der Waals surface area contributed by atoms with Gasteiger partial charge in [-0.15, -0.1) is 0 Å². The van der Waals surface area contributed by atoms with Crippen LogP contribution in [0.5, 0.6) is 0 Å². The fraction of sp³-hybridized carbons (Fsp3) is 0.500. The topological polar surface area (TPSA) is 175 Å². The van der Waals surface area contributed by atoms with Gasteiger partial charge in [0.15, 0.2) is 5.65 Å². The van der Waals surface area contributed by atoms with Crippen LogP contribution in [0.25, 0.3) is 11.0 Å². The van der Waals surface area contributed by atoms with Gasteiger partial charge in [-0.1, -0.05) is 19.1 Å². The number of hydrogen-bond donors (Lipinski definition) is 3. The molecule has 48 heavy (non-hydrogen) atoms. The Labute approximate surface area is 280 Å². The Morgan fingerprint density at radius 2 is 1.83 bits per heavy atom. The highest BCUT2D eigenvalue weighted by Gasteiger charge is 2.33. The van der Waals surface area contributed by atoms with Crippen LogP contribution in [0.2, 0.25) is 0 Å². The molecule has 3 heterocycles. The summed E-state index contributed by atoms with van der Waals surface area (Å²) in [4.78, 5) is 62.4. The zero-order valence-electron chi connectivity index (χ0n) is 28.3. The van der Waals surface area contributed by atoms with Gasteiger partial charge in [-0.25, -0.2) is 19.6 Å². The predicted molar refractivity (Wildman–Crippen MR) is 181 cm³/mol. The summed E-state index contributed by atoms with van der Waals surface area (Å²) in [6.45, 7) is 9.40. The molecule has 3 N–H and O–H groups in total. The maximum atomic E-state index is 13.1. The first-order valence-electron chi connectivity index (χ1n) is 16.2. The molecular formula is C34H45N9O5. The Morgan fingerprint density at radius 3 is 2.54 bits per heavy atom. The van der Waals surface area contributed by atoms with Gasteiger partial charge in [0.25, 0.3) is 0 Å². The number of nitriles is 1. The number of fused-ring (bicyclic) bond motifs is 1. The number of nitrogens with zero attached hydrogens (tertiary/aromatic N) is 6. The second-order valence-electron chi connectivity index (χ2n) is 13.0. The zero-order valence-corrected chi connectivity index (χ0v) is 28.3. The lowest BCUT2D eigenvalue weighted by molar-refractivity contribution is -0.131. The SMILES string of the molecule is C[C@@H]1CCN(C(=O)CC#N)C[C@@H]1N(C)c1ncnc2c1ccn2C(=O)NCCCC(=O)Nc1ccc(CCNC(=O)OC(C)(C)C)cc1. The molecule has 1 aliphatic heterocycles. The molecule has 4 rings (SSSR count). The minimum Gasteiger partial charge on any atom is -0.444 e. The van der Waals surface area contributed by atoms with Crippen molar-refractivity contribution in [2.75, 3.05) is 43.4 Å². The van der Waals surface area contributed by atoms with E-state index in [1.54, 1.807) is 17.2 Å². The van der Waals surface area contributed by atoms with E-state index in [1.807, 2.05) is 63.1 Å². The molecule has 1 aliphatic rings. The van der Waals surface area contributed by atoms with Crippen molar-refractivity contribution in [3.63, 3.8) is 0 Å². The molecule has 1 fully saturated rings. The first-order chi connectivity index (χ1) is 22.9. The standard InChI is InChI=1S/C34H45N9O5/c1-23-14-19-42(29(45)12-16-35)21-27(23)41(5)30-26-15-20-43(31(26)39-22-38-30)32(46)36-17-6-7-28(44)40-25-10-8-24(9-11-25)13-18-37-33(47)48-34(2,3)4/h8-11,15,20,22-23,27H,6-7,12-14,17-19,21H2,1-5H3,(H,36,46)(H,37,47)(H,40,44)/t23-,27+/m1/s1. The van der Waals surface area contributed by atoms with E-state index in [-0.39, 0.29) is 42.6 Å². The van der Waals surface area contributed by atoms with E-state index in [9.17, 15) is 19.2 Å². The second kappa shape index (κ2) is 16.1. The van der Waals surface area contributed by atoms with Crippen molar-refractivity contribution in [1.82, 2.24) is 30.1 Å². The molecule has 256 valence electrons. The molecule has 0 saturated carbocycles. The molecule has 14 nitrogen and oxygen atoms in total. The Balaban J connectivity index is 1.24. The molecule has 2 aromatic heterocycles. The number of rotatable bonds is 11. The van der Waals surface area contributed by atoms with Gasteiger partial charge >= 0.3 is 12.1 Å². The molecule has 0 aliphatic carbocycles. The number of piperidine rings is 1. The number of carbonyl (C=O) groups excluding carboxylic acids is 4. The van der Waals surface area contributed by atoms with Crippen LogP contribution in [0.4, 0.5) is 21.1 Å². The summed E-state index contributed by atoms with van der Waals surface area (Å²) in [5.41, 5.74) is 1.57. The van der Waals surface area contributed by atoms with Crippen LogP contribution in [0.15, 0.2) is 42.9 Å². The maximum Gasteiger partial charge on any atom is 0.407 e. The molecule has 0 radical (unpaired) electrons. The number of ether oxygens (including phenoxy) is 1. The number of aromatic nitrogens is 3. The number of nitrogens with one attached hydrogen (secondary N) is 3. The van der Waals surface area contributed by atoms with Gasteiger partial charge < -0.3 is 30.5 Å². The number of likely N-dealkylation sites (tertiary alicyclic amines) is 1. The number of hydrogen-bond acceptors (Lipinski definition) is 9. The first kappa shape index (κ1) is 35.7. The van der Waals surface area contributed by atoms with E-state index < -0.39 is 11.7 Å². The van der Waals surface area contributed by atoms with Crippen LogP contribution in [0, 0.1) is 17.2 Å². The van der Waals surface area contributed by atoms with Gasteiger partial charge in [0.2, 0.25) is 11.8 Å². The summed E-state index contributed by atoms with van der Waals surface area (Å²) in [6.07, 6.45) is 4.56. The lowest BCUT2D eigenvalue weighted by Crippen LogP contribution is -2.52. The summed E-state index contributed by atoms with van der Waals surface area (Å²) >= 11 is 0. The van der Waals surface area contributed by atoms with Crippen LogP contribution in [-0.4, -0.2) is 88.2 Å². The van der Waals surface area contributed by atoms with Gasteiger partial charge in [-0.2, -0.15) is 5.26 Å². The van der Waals surface area contributed by atoms with Crippen molar-refractivity contribution in [3.8, 4) is 6.07 Å². The third-order valence-corrected chi connectivity index (χ3v) is 8.19. The molecule has 3 aromatic rings. The summed E-state index contributed by atoms with van der Waals surface area (Å²) in [6, 6.07) is 10.8. The third-order valence-electron chi connectivity index (χ3n) is 8.19. The Morgan fingerprint density at radius 1 is 1.08 bits per heavy atom. The quantitative estimate of drug-likeness (QED) is 0.257. The zero-order chi connectivity index (χ0) is 34.8. The van der Waals surface area contributed by atoms with Gasteiger partial charge in [-0.3, -0.25) is 14.2 Å². The normalized spacial score (nSPS) is 16.1. The van der Waals surface area contributed by atoms with Crippen LogP contribution in [-0.2, 0) is 20.7 Å². The summed E-state index contributed by atoms with van der Waals surface area (Å²) in [5.74, 6) is 0.598. The van der Waals surface area contributed by atoms with Crippen LogP contribution in [0.3, 0.4) is 0 Å². The van der Waals surface area contributed by atoms with Crippen molar-refractivity contribution in [2.45, 2.75) is 71.4 Å². The number of anilines is 2. The van der Waals surface area contributed by atoms with Crippen molar-refractivity contribution >= 4 is 46.5 Å². The summed E-state index contributed by atoms with van der Waals surface area (Å²) in [7, 11) is 1.92. The lowest BCUT2D eigenvalue weighted by atomic mass is 9.92. The van der Waals surface area contributed by atoms with Gasteiger partial charge in [0, 0.05) is 51.5 Å². The minimum absolute atomic E-state index is 0.0196. The van der Waals surface area contributed by atoms with Crippen molar-refractivity contribution in [1.29, 1.82) is 5.26 Å². The second-order valence-corrected chi connectivity index (χ2v) is 13.0. The van der Waals surface area contributed by atoms with Gasteiger partial charge in [0.1, 0.15) is 24.2 Å². The van der Waals surface area contributed by atoms with Crippen molar-refractivity contribution in [3.05, 3.63) is 48.4 Å². The molecule has 14 heteroatoms. The summed E-state index contributed by atoms with van der Waals surface area (Å²) < 4.78 is 6.65. The Hall–Kier alpha value is -5.19. The number of benzene rings is 1. The van der Waals surface area contributed by atoms with E-state index in [2.05, 4.69) is 32.8 Å². The van der Waals surface area contributed by atoms with E-state index in [4.69, 9.17) is 10.00 Å². The maximum absolute atomic E-state index is 13.1. The molecule has 2 atom stereocenters. The lowest BCUT2D eigenvalue weighted by Gasteiger charge is -2.42. The molecule has 0 spiro atoms. The summed E-state index contributed by atoms with van der Waals surface area (Å²) in [5, 5.41) is 18.1. The molecule has 4 amide bonds. The number of amides is 4. The number of alkyl carbamates (subject to hydrolysis) is 1. The van der Waals surface area contributed by atoms with Crippen molar-refractivity contribution < 1.29 is 23.9 Å². The van der Waals surface area contributed by atoms with E-state index in [0.29, 0.717) is 61.6 Å². The molecule has 1 aromatic carbocycles. The average Bonchev–Trinajstić information content (AvgIpc) is 3.48. The van der Waals surface area contributed by atoms with Gasteiger partial charge in [-0.05, 0) is 69.7 Å². The van der Waals surface area contributed by atoms with Crippen LogP contribution in [0.1, 0.15) is 58.9 Å². The Bertz CT molecular complexity index is 1640. The largest absolute Gasteiger partial charge is 0.444 e. The number of carbonyl (C=O) groups is 4. The van der Waals surface area contributed by atoms with E-state index in [1.165, 1.54) is 10.9 Å². The van der Waals surface area contributed by atoms with Crippen molar-refractivity contribution in [2.24, 2.45) is 5.92 Å². The predicted octanol–water partition coefficient (Wildman–Crippen LogP) is 4.06. The highest BCUT2D eigenvalue weighted by Crippen LogP contribution is 2.29. The third kappa shape index (κ3) is 9.66. The smallest absolute Gasteiger partial charge is 0.407 e.